The second kappa shape index (κ2) is 6.50. The summed E-state index contributed by atoms with van der Waals surface area (Å²) in [4.78, 5) is 16.1. The Morgan fingerprint density at radius 1 is 1.13 bits per heavy atom. The molecule has 6 heteroatoms. The summed E-state index contributed by atoms with van der Waals surface area (Å²) in [5.41, 5.74) is 1.01. The Bertz CT molecular complexity index is 772. The van der Waals surface area contributed by atoms with Crippen LogP contribution in [0.2, 0.25) is 0 Å². The summed E-state index contributed by atoms with van der Waals surface area (Å²) in [6, 6.07) is 14.2. The van der Waals surface area contributed by atoms with Crippen LogP contribution in [0.15, 0.2) is 59.8 Å². The third-order valence-corrected chi connectivity index (χ3v) is 5.37. The maximum atomic E-state index is 12.2. The molecular formula is C17H18N2O3S. The van der Waals surface area contributed by atoms with Crippen molar-refractivity contribution in [3.8, 4) is 0 Å². The lowest BCUT2D eigenvalue weighted by atomic mass is 10.0. The van der Waals surface area contributed by atoms with Crippen LogP contribution in [0, 0.1) is 5.92 Å². The van der Waals surface area contributed by atoms with Crippen LogP contribution >= 0.6 is 0 Å². The van der Waals surface area contributed by atoms with Crippen LogP contribution in [0.5, 0.6) is 0 Å². The van der Waals surface area contributed by atoms with Crippen molar-refractivity contribution in [3.63, 3.8) is 0 Å². The summed E-state index contributed by atoms with van der Waals surface area (Å²) < 4.78 is 24.4. The van der Waals surface area contributed by atoms with Gasteiger partial charge in [0.25, 0.3) is 0 Å². The van der Waals surface area contributed by atoms with Gasteiger partial charge < -0.3 is 5.32 Å². The number of hydrogen-bond donors (Lipinski definition) is 1. The first-order chi connectivity index (χ1) is 11.1. The minimum absolute atomic E-state index is 0.0715. The third kappa shape index (κ3) is 3.96. The molecule has 1 aromatic heterocycles. The van der Waals surface area contributed by atoms with Crippen LogP contribution in [-0.4, -0.2) is 25.1 Å². The smallest absolute Gasteiger partial charge is 0.236 e. The van der Waals surface area contributed by atoms with E-state index < -0.39 is 21.5 Å². The second-order valence-corrected chi connectivity index (χ2v) is 7.66. The fourth-order valence-electron chi connectivity index (χ4n) is 2.56. The molecule has 1 aromatic carbocycles. The fourth-order valence-corrected chi connectivity index (χ4v) is 3.64. The van der Waals surface area contributed by atoms with Gasteiger partial charge in [0, 0.05) is 6.20 Å². The average molecular weight is 330 g/mol. The van der Waals surface area contributed by atoms with Crippen LogP contribution in [0.3, 0.4) is 0 Å². The molecule has 1 aliphatic carbocycles. The summed E-state index contributed by atoms with van der Waals surface area (Å²) in [7, 11) is -3.72. The van der Waals surface area contributed by atoms with Crippen LogP contribution in [0.4, 0.5) is 0 Å². The number of carbonyl (C=O) groups is 1. The van der Waals surface area contributed by atoms with Crippen LogP contribution in [0.25, 0.3) is 0 Å². The predicted octanol–water partition coefficient (Wildman–Crippen LogP) is 2.12. The number of benzene rings is 1. The van der Waals surface area contributed by atoms with Gasteiger partial charge in [-0.25, -0.2) is 13.4 Å². The first kappa shape index (κ1) is 15.7. The highest BCUT2D eigenvalue weighted by Crippen LogP contribution is 2.40. The van der Waals surface area contributed by atoms with Gasteiger partial charge in [-0.2, -0.15) is 0 Å². The number of aromatic nitrogens is 1. The molecule has 1 saturated carbocycles. The Kier molecular flexibility index (Phi) is 4.43. The van der Waals surface area contributed by atoms with Gasteiger partial charge >= 0.3 is 0 Å². The molecule has 5 nitrogen and oxygen atoms in total. The SMILES string of the molecule is O=C(CS(=O)(=O)c1ccccn1)NC(c1ccccc1)C1CC1. The Morgan fingerprint density at radius 3 is 2.43 bits per heavy atom. The lowest BCUT2D eigenvalue weighted by Crippen LogP contribution is -2.34. The van der Waals surface area contributed by atoms with Crippen molar-refractivity contribution in [1.82, 2.24) is 10.3 Å². The number of carbonyl (C=O) groups excluding carboxylic acids is 1. The van der Waals surface area contributed by atoms with Crippen molar-refractivity contribution >= 4 is 15.7 Å². The molecule has 1 unspecified atom stereocenters. The largest absolute Gasteiger partial charge is 0.348 e. The van der Waals surface area contributed by atoms with Gasteiger partial charge in [0.1, 0.15) is 5.75 Å². The monoisotopic (exact) mass is 330 g/mol. The molecule has 1 fully saturated rings. The van der Waals surface area contributed by atoms with Crippen molar-refractivity contribution in [2.75, 3.05) is 5.75 Å². The van der Waals surface area contributed by atoms with E-state index in [0.717, 1.165) is 18.4 Å². The molecule has 1 amide bonds. The maximum Gasteiger partial charge on any atom is 0.236 e. The van der Waals surface area contributed by atoms with E-state index in [-0.39, 0.29) is 11.1 Å². The normalized spacial score (nSPS) is 15.8. The molecule has 0 spiro atoms. The number of hydrogen-bond acceptors (Lipinski definition) is 4. The van der Waals surface area contributed by atoms with E-state index in [2.05, 4.69) is 10.3 Å². The van der Waals surface area contributed by atoms with E-state index in [9.17, 15) is 13.2 Å². The minimum Gasteiger partial charge on any atom is -0.348 e. The van der Waals surface area contributed by atoms with Crippen LogP contribution in [0.1, 0.15) is 24.4 Å². The third-order valence-electron chi connectivity index (χ3n) is 3.85. The number of sulfone groups is 1. The molecule has 1 heterocycles. The van der Waals surface area contributed by atoms with Gasteiger partial charge in [-0.15, -0.1) is 0 Å². The molecule has 0 saturated heterocycles. The number of nitrogens with one attached hydrogen (secondary N) is 1. The number of rotatable bonds is 6. The van der Waals surface area contributed by atoms with E-state index in [4.69, 9.17) is 0 Å². The fraction of sp³-hybridized carbons (Fsp3) is 0.294. The molecule has 0 bridgehead atoms. The van der Waals surface area contributed by atoms with Crippen molar-refractivity contribution in [2.24, 2.45) is 5.92 Å². The molecule has 0 aliphatic heterocycles. The molecule has 2 aromatic rings. The quantitative estimate of drug-likeness (QED) is 0.880. The van der Waals surface area contributed by atoms with Gasteiger partial charge in [0.05, 0.1) is 6.04 Å². The van der Waals surface area contributed by atoms with Crippen molar-refractivity contribution in [2.45, 2.75) is 23.9 Å². The number of nitrogens with zero attached hydrogens (tertiary/aromatic N) is 1. The van der Waals surface area contributed by atoms with Gasteiger partial charge in [0.2, 0.25) is 15.7 Å². The second-order valence-electron chi connectivity index (χ2n) is 5.72. The zero-order valence-electron chi connectivity index (χ0n) is 12.6. The molecule has 1 aliphatic rings. The highest BCUT2D eigenvalue weighted by atomic mass is 32.2. The predicted molar refractivity (Wildman–Crippen MR) is 86.3 cm³/mol. The summed E-state index contributed by atoms with van der Waals surface area (Å²) in [5.74, 6) is -0.685. The molecule has 120 valence electrons. The zero-order chi connectivity index (χ0) is 16.3. The first-order valence-corrected chi connectivity index (χ1v) is 9.19. The van der Waals surface area contributed by atoms with E-state index in [1.54, 1.807) is 12.1 Å². The Labute approximate surface area is 135 Å². The average Bonchev–Trinajstić information content (AvgIpc) is 3.39. The van der Waals surface area contributed by atoms with Crippen molar-refractivity contribution in [3.05, 3.63) is 60.3 Å². The van der Waals surface area contributed by atoms with Gasteiger partial charge in [0.15, 0.2) is 5.03 Å². The molecule has 3 rings (SSSR count). The Morgan fingerprint density at radius 2 is 1.83 bits per heavy atom. The molecule has 0 radical (unpaired) electrons. The summed E-state index contributed by atoms with van der Waals surface area (Å²) >= 11 is 0. The minimum atomic E-state index is -3.72. The highest BCUT2D eigenvalue weighted by Gasteiger charge is 2.34. The number of pyridine rings is 1. The van der Waals surface area contributed by atoms with E-state index in [1.807, 2.05) is 30.3 Å². The zero-order valence-corrected chi connectivity index (χ0v) is 13.4. The topological polar surface area (TPSA) is 76.1 Å². The Hall–Kier alpha value is -2.21. The Balaban J connectivity index is 1.71. The lowest BCUT2D eigenvalue weighted by molar-refractivity contribution is -0.119. The van der Waals surface area contributed by atoms with E-state index >= 15 is 0 Å². The van der Waals surface area contributed by atoms with E-state index in [0.29, 0.717) is 5.92 Å². The lowest BCUT2D eigenvalue weighted by Gasteiger charge is -2.18. The van der Waals surface area contributed by atoms with Crippen LogP contribution in [-0.2, 0) is 14.6 Å². The number of amides is 1. The molecule has 1 N–H and O–H groups in total. The van der Waals surface area contributed by atoms with E-state index in [1.165, 1.54) is 12.3 Å². The van der Waals surface area contributed by atoms with Crippen molar-refractivity contribution in [1.29, 1.82) is 0 Å². The molecule has 23 heavy (non-hydrogen) atoms. The van der Waals surface area contributed by atoms with Gasteiger partial charge in [-0.3, -0.25) is 4.79 Å². The van der Waals surface area contributed by atoms with Gasteiger partial charge in [-0.1, -0.05) is 36.4 Å². The summed E-state index contributed by atoms with van der Waals surface area (Å²) in [6.07, 6.45) is 3.50. The van der Waals surface area contributed by atoms with Gasteiger partial charge in [-0.05, 0) is 36.5 Å². The van der Waals surface area contributed by atoms with Crippen molar-refractivity contribution < 1.29 is 13.2 Å². The molecule has 1 atom stereocenters. The first-order valence-electron chi connectivity index (χ1n) is 7.54. The van der Waals surface area contributed by atoms with Crippen LogP contribution < -0.4 is 5.32 Å². The maximum absolute atomic E-state index is 12.2. The molecular weight excluding hydrogens is 312 g/mol. The standard InChI is InChI=1S/C17H18N2O3S/c20-15(12-23(21,22)16-8-4-5-11-18-16)19-17(14-9-10-14)13-6-2-1-3-7-13/h1-8,11,14,17H,9-10,12H2,(H,19,20). The summed E-state index contributed by atoms with van der Waals surface area (Å²) in [5, 5.41) is 2.80. The highest BCUT2D eigenvalue weighted by molar-refractivity contribution is 7.92. The summed E-state index contributed by atoms with van der Waals surface area (Å²) in [6.45, 7) is 0.